The quantitative estimate of drug-likeness (QED) is 0.607. The molecule has 0 radical (unpaired) electrons. The molecule has 1 aromatic rings. The van der Waals surface area contributed by atoms with E-state index in [9.17, 15) is 0 Å². The molecule has 0 spiro atoms. The lowest BCUT2D eigenvalue weighted by molar-refractivity contribution is 1.28. The highest BCUT2D eigenvalue weighted by atomic mass is 14.7. The average Bonchev–Trinajstić information content (AvgIpc) is 2.53. The number of hydrogen-bond donors (Lipinski definition) is 0. The Morgan fingerprint density at radius 3 is 2.75 bits per heavy atom. The van der Waals surface area contributed by atoms with Crippen LogP contribution >= 0.6 is 0 Å². The van der Waals surface area contributed by atoms with E-state index in [2.05, 4.69) is 11.6 Å². The van der Waals surface area contributed by atoms with E-state index in [1.807, 2.05) is 36.4 Å². The van der Waals surface area contributed by atoms with Gasteiger partial charge in [-0.3, -0.25) is 4.98 Å². The second-order valence-corrected chi connectivity index (χ2v) is 2.68. The van der Waals surface area contributed by atoms with E-state index < -0.39 is 0 Å². The number of hydrogen-bond acceptors (Lipinski definition) is 1. The molecule has 2 rings (SSSR count). The molecule has 0 fully saturated rings. The first-order valence-electron chi connectivity index (χ1n) is 3.87. The standard InChI is InChI=1S/C11H9N/c1-9-5-4-6-10(9)11-7-2-3-8-12-11/h2-8H,1H2. The molecule has 0 aromatic carbocycles. The molecule has 0 unspecified atom stereocenters. The van der Waals surface area contributed by atoms with Gasteiger partial charge >= 0.3 is 0 Å². The molecule has 0 atom stereocenters. The SMILES string of the molecule is C=C1C=CC=C1c1ccccn1. The molecule has 0 bridgehead atoms. The summed E-state index contributed by atoms with van der Waals surface area (Å²) in [7, 11) is 0. The van der Waals surface area contributed by atoms with Gasteiger partial charge in [-0.1, -0.05) is 30.9 Å². The van der Waals surface area contributed by atoms with Gasteiger partial charge in [-0.15, -0.1) is 0 Å². The number of nitrogens with zero attached hydrogens (tertiary/aromatic N) is 1. The average molecular weight is 155 g/mol. The van der Waals surface area contributed by atoms with Gasteiger partial charge in [-0.25, -0.2) is 0 Å². The minimum absolute atomic E-state index is 0.993. The van der Waals surface area contributed by atoms with Gasteiger partial charge < -0.3 is 0 Å². The van der Waals surface area contributed by atoms with Gasteiger partial charge in [0.25, 0.3) is 0 Å². The van der Waals surface area contributed by atoms with Crippen molar-refractivity contribution in [2.75, 3.05) is 0 Å². The molecule has 1 aromatic heterocycles. The lowest BCUT2D eigenvalue weighted by Crippen LogP contribution is -1.86. The molecule has 1 aliphatic rings. The highest BCUT2D eigenvalue weighted by Crippen LogP contribution is 2.24. The molecular weight excluding hydrogens is 146 g/mol. The Labute approximate surface area is 71.8 Å². The Kier molecular flexibility index (Phi) is 1.63. The van der Waals surface area contributed by atoms with Crippen LogP contribution in [0.4, 0.5) is 0 Å². The molecule has 0 N–H and O–H groups in total. The normalized spacial score (nSPS) is 15.0. The van der Waals surface area contributed by atoms with Crippen LogP contribution in [0.2, 0.25) is 0 Å². The fourth-order valence-electron chi connectivity index (χ4n) is 1.23. The van der Waals surface area contributed by atoms with Crippen LogP contribution in [0.1, 0.15) is 5.69 Å². The van der Waals surface area contributed by atoms with Gasteiger partial charge in [0, 0.05) is 11.8 Å². The maximum absolute atomic E-state index is 4.24. The summed E-state index contributed by atoms with van der Waals surface area (Å²) < 4.78 is 0. The van der Waals surface area contributed by atoms with Crippen LogP contribution in [0.25, 0.3) is 5.57 Å². The number of pyridine rings is 1. The number of allylic oxidation sites excluding steroid dienone is 5. The summed E-state index contributed by atoms with van der Waals surface area (Å²) in [5.74, 6) is 0. The van der Waals surface area contributed by atoms with E-state index in [0.29, 0.717) is 0 Å². The molecule has 1 heteroatoms. The van der Waals surface area contributed by atoms with Crippen molar-refractivity contribution < 1.29 is 0 Å². The molecular formula is C11H9N. The topological polar surface area (TPSA) is 12.9 Å². The maximum Gasteiger partial charge on any atom is 0.0707 e. The molecule has 1 nitrogen and oxygen atoms in total. The van der Waals surface area contributed by atoms with Gasteiger partial charge in [-0.2, -0.15) is 0 Å². The molecule has 58 valence electrons. The van der Waals surface area contributed by atoms with E-state index in [0.717, 1.165) is 16.8 Å². The van der Waals surface area contributed by atoms with Crippen LogP contribution in [0.3, 0.4) is 0 Å². The summed E-state index contributed by atoms with van der Waals surface area (Å²) >= 11 is 0. The predicted octanol–water partition coefficient (Wildman–Crippen LogP) is 2.59. The number of rotatable bonds is 1. The lowest BCUT2D eigenvalue weighted by atomic mass is 10.1. The monoisotopic (exact) mass is 155 g/mol. The third kappa shape index (κ3) is 1.10. The lowest BCUT2D eigenvalue weighted by Gasteiger charge is -2.00. The van der Waals surface area contributed by atoms with Crippen LogP contribution < -0.4 is 0 Å². The summed E-state index contributed by atoms with van der Waals surface area (Å²) in [5.41, 5.74) is 3.15. The Hall–Kier alpha value is -1.63. The van der Waals surface area contributed by atoms with Crippen molar-refractivity contribution in [2.24, 2.45) is 0 Å². The van der Waals surface area contributed by atoms with Crippen molar-refractivity contribution in [1.82, 2.24) is 4.98 Å². The van der Waals surface area contributed by atoms with Crippen molar-refractivity contribution in [3.63, 3.8) is 0 Å². The predicted molar refractivity (Wildman–Crippen MR) is 50.5 cm³/mol. The third-order valence-electron chi connectivity index (χ3n) is 1.85. The smallest absolute Gasteiger partial charge is 0.0707 e. The largest absolute Gasteiger partial charge is 0.256 e. The first-order chi connectivity index (χ1) is 5.88. The van der Waals surface area contributed by atoms with Crippen molar-refractivity contribution in [2.45, 2.75) is 0 Å². The van der Waals surface area contributed by atoms with Gasteiger partial charge in [0.2, 0.25) is 0 Å². The fourth-order valence-corrected chi connectivity index (χ4v) is 1.23. The van der Waals surface area contributed by atoms with Crippen molar-refractivity contribution >= 4 is 5.57 Å². The van der Waals surface area contributed by atoms with Crippen LogP contribution in [0.15, 0.2) is 54.8 Å². The zero-order valence-corrected chi connectivity index (χ0v) is 6.70. The van der Waals surface area contributed by atoms with Crippen molar-refractivity contribution in [3.8, 4) is 0 Å². The van der Waals surface area contributed by atoms with E-state index in [1.54, 1.807) is 6.20 Å². The Morgan fingerprint density at radius 1 is 1.25 bits per heavy atom. The molecule has 0 aliphatic heterocycles. The van der Waals surface area contributed by atoms with Crippen LogP contribution in [0.5, 0.6) is 0 Å². The highest BCUT2D eigenvalue weighted by molar-refractivity contribution is 5.83. The summed E-state index contributed by atoms with van der Waals surface area (Å²) in [6.45, 7) is 3.92. The van der Waals surface area contributed by atoms with Gasteiger partial charge in [0.15, 0.2) is 0 Å². The second-order valence-electron chi connectivity index (χ2n) is 2.68. The minimum atomic E-state index is 0.993. The summed E-state index contributed by atoms with van der Waals surface area (Å²) in [6, 6.07) is 5.88. The molecule has 1 aliphatic carbocycles. The Balaban J connectivity index is 2.40. The van der Waals surface area contributed by atoms with E-state index >= 15 is 0 Å². The van der Waals surface area contributed by atoms with Crippen LogP contribution in [-0.2, 0) is 0 Å². The van der Waals surface area contributed by atoms with Gasteiger partial charge in [0.1, 0.15) is 0 Å². The molecule has 0 saturated carbocycles. The second kappa shape index (κ2) is 2.78. The van der Waals surface area contributed by atoms with Gasteiger partial charge in [-0.05, 0) is 17.7 Å². The van der Waals surface area contributed by atoms with E-state index in [4.69, 9.17) is 0 Å². The first-order valence-corrected chi connectivity index (χ1v) is 3.87. The molecule has 0 amide bonds. The zero-order chi connectivity index (χ0) is 8.39. The van der Waals surface area contributed by atoms with Crippen LogP contribution in [-0.4, -0.2) is 4.98 Å². The van der Waals surface area contributed by atoms with Crippen molar-refractivity contribution in [3.05, 3.63) is 60.5 Å². The fraction of sp³-hybridized carbons (Fsp3) is 0. The maximum atomic E-state index is 4.24. The zero-order valence-electron chi connectivity index (χ0n) is 6.70. The van der Waals surface area contributed by atoms with E-state index in [-0.39, 0.29) is 0 Å². The summed E-state index contributed by atoms with van der Waals surface area (Å²) in [4.78, 5) is 4.24. The van der Waals surface area contributed by atoms with E-state index in [1.165, 1.54) is 0 Å². The number of aromatic nitrogens is 1. The molecule has 0 saturated heterocycles. The van der Waals surface area contributed by atoms with Gasteiger partial charge in [0.05, 0.1) is 5.69 Å². The van der Waals surface area contributed by atoms with Crippen molar-refractivity contribution in [1.29, 1.82) is 0 Å². The van der Waals surface area contributed by atoms with Crippen LogP contribution in [0, 0.1) is 0 Å². The third-order valence-corrected chi connectivity index (χ3v) is 1.85. The summed E-state index contributed by atoms with van der Waals surface area (Å²) in [6.07, 6.45) is 7.81. The summed E-state index contributed by atoms with van der Waals surface area (Å²) in [5, 5.41) is 0. The first kappa shape index (κ1) is 7.04. The minimum Gasteiger partial charge on any atom is -0.256 e. The Morgan fingerprint density at radius 2 is 2.17 bits per heavy atom. The Bertz CT molecular complexity index is 358. The highest BCUT2D eigenvalue weighted by Gasteiger charge is 2.06. The molecule has 1 heterocycles. The molecule has 12 heavy (non-hydrogen) atoms.